The summed E-state index contributed by atoms with van der Waals surface area (Å²) in [5.74, 6) is 1.28. The first-order valence-electron chi connectivity index (χ1n) is 7.52. The fourth-order valence-corrected chi connectivity index (χ4v) is 3.68. The zero-order valence-electron chi connectivity index (χ0n) is 13.8. The van der Waals surface area contributed by atoms with Gasteiger partial charge < -0.3 is 4.90 Å². The van der Waals surface area contributed by atoms with Crippen molar-refractivity contribution in [2.75, 3.05) is 24.0 Å². The zero-order chi connectivity index (χ0) is 17.3. The Morgan fingerprint density at radius 1 is 1.25 bits per heavy atom. The molecule has 7 nitrogen and oxygen atoms in total. The fraction of sp³-hybridized carbons (Fsp3) is 0.312. The van der Waals surface area contributed by atoms with Gasteiger partial charge in [-0.1, -0.05) is 30.3 Å². The van der Waals surface area contributed by atoms with Crippen molar-refractivity contribution in [1.82, 2.24) is 19.6 Å². The number of hydrogen-bond acceptors (Lipinski definition) is 6. The van der Waals surface area contributed by atoms with Crippen LogP contribution in [0.3, 0.4) is 0 Å². The summed E-state index contributed by atoms with van der Waals surface area (Å²) < 4.78 is 24.8. The maximum absolute atomic E-state index is 11.6. The normalized spacial score (nSPS) is 13.1. The predicted octanol–water partition coefficient (Wildman–Crippen LogP) is 1.66. The van der Waals surface area contributed by atoms with Crippen molar-refractivity contribution in [3.63, 3.8) is 0 Å². The van der Waals surface area contributed by atoms with Crippen LogP contribution in [0.1, 0.15) is 6.92 Å². The molecule has 0 unspecified atom stereocenters. The van der Waals surface area contributed by atoms with E-state index in [1.807, 2.05) is 55.3 Å². The third-order valence-corrected chi connectivity index (χ3v) is 4.96. The topological polar surface area (TPSA) is 80.5 Å². The molecule has 0 saturated carbocycles. The number of benzene rings is 1. The molecule has 3 rings (SSSR count). The van der Waals surface area contributed by atoms with Crippen molar-refractivity contribution in [3.05, 3.63) is 42.7 Å². The van der Waals surface area contributed by atoms with Crippen LogP contribution in [-0.4, -0.2) is 53.1 Å². The van der Waals surface area contributed by atoms with E-state index in [0.29, 0.717) is 5.78 Å². The van der Waals surface area contributed by atoms with Gasteiger partial charge in [-0.05, 0) is 6.92 Å². The first kappa shape index (κ1) is 16.4. The molecule has 1 aromatic carbocycles. The molecule has 8 heteroatoms. The highest BCUT2D eigenvalue weighted by Crippen LogP contribution is 2.24. The number of aromatic nitrogens is 4. The van der Waals surface area contributed by atoms with Gasteiger partial charge in [0.25, 0.3) is 5.78 Å². The number of hydrogen-bond donors (Lipinski definition) is 0. The van der Waals surface area contributed by atoms with Crippen LogP contribution in [0.15, 0.2) is 42.7 Å². The summed E-state index contributed by atoms with van der Waals surface area (Å²) in [6.07, 6.45) is 2.68. The van der Waals surface area contributed by atoms with Crippen LogP contribution in [0, 0.1) is 0 Å². The van der Waals surface area contributed by atoms with Crippen LogP contribution in [-0.2, 0) is 9.84 Å². The molecule has 0 fully saturated rings. The van der Waals surface area contributed by atoms with Crippen LogP contribution in [0.2, 0.25) is 0 Å². The first-order valence-corrected chi connectivity index (χ1v) is 9.58. The minimum Gasteiger partial charge on any atom is -0.356 e. The molecule has 2 aromatic heterocycles. The highest BCUT2D eigenvalue weighted by Gasteiger charge is 2.20. The minimum atomic E-state index is -3.08. The van der Waals surface area contributed by atoms with Gasteiger partial charge >= 0.3 is 0 Å². The van der Waals surface area contributed by atoms with E-state index < -0.39 is 9.84 Å². The molecule has 0 spiro atoms. The van der Waals surface area contributed by atoms with Crippen LogP contribution < -0.4 is 4.90 Å². The summed E-state index contributed by atoms with van der Waals surface area (Å²) in [5, 5.41) is 4.21. The Morgan fingerprint density at radius 2 is 1.96 bits per heavy atom. The lowest BCUT2D eigenvalue weighted by molar-refractivity contribution is 0.592. The lowest BCUT2D eigenvalue weighted by atomic mass is 10.1. The minimum absolute atomic E-state index is 0.0582. The molecular weight excluding hydrogens is 326 g/mol. The van der Waals surface area contributed by atoms with Crippen molar-refractivity contribution < 1.29 is 8.42 Å². The Morgan fingerprint density at radius 3 is 2.62 bits per heavy atom. The van der Waals surface area contributed by atoms with E-state index in [0.717, 1.165) is 17.1 Å². The van der Waals surface area contributed by atoms with Crippen molar-refractivity contribution in [2.45, 2.75) is 13.0 Å². The molecule has 0 aliphatic carbocycles. The second-order valence-electron chi connectivity index (χ2n) is 5.89. The smallest absolute Gasteiger partial charge is 0.254 e. The molecule has 0 aliphatic heterocycles. The van der Waals surface area contributed by atoms with Gasteiger partial charge in [0.1, 0.15) is 22.0 Å². The summed E-state index contributed by atoms with van der Waals surface area (Å²) >= 11 is 0. The molecule has 126 valence electrons. The lowest BCUT2D eigenvalue weighted by Gasteiger charge is -2.26. The van der Waals surface area contributed by atoms with Crippen molar-refractivity contribution in [2.24, 2.45) is 0 Å². The van der Waals surface area contributed by atoms with Crippen LogP contribution in [0.25, 0.3) is 17.0 Å². The molecule has 0 aliphatic rings. The highest BCUT2D eigenvalue weighted by atomic mass is 32.2. The van der Waals surface area contributed by atoms with E-state index in [4.69, 9.17) is 0 Å². The number of fused-ring (bicyclic) bond motifs is 1. The third kappa shape index (κ3) is 3.38. The third-order valence-electron chi connectivity index (χ3n) is 3.87. The number of rotatable bonds is 5. The van der Waals surface area contributed by atoms with Gasteiger partial charge in [0.05, 0.1) is 11.4 Å². The average Bonchev–Trinajstić information content (AvgIpc) is 3.01. The van der Waals surface area contributed by atoms with Crippen LogP contribution >= 0.6 is 0 Å². The summed E-state index contributed by atoms with van der Waals surface area (Å²) in [6.45, 7) is 1.87. The van der Waals surface area contributed by atoms with E-state index in [9.17, 15) is 8.42 Å². The quantitative estimate of drug-likeness (QED) is 0.700. The molecule has 0 N–H and O–H groups in total. The average molecular weight is 345 g/mol. The van der Waals surface area contributed by atoms with Gasteiger partial charge in [-0.3, -0.25) is 0 Å². The number of anilines is 1. The first-order chi connectivity index (χ1) is 11.3. The Kier molecular flexibility index (Phi) is 4.23. The second kappa shape index (κ2) is 6.20. The van der Waals surface area contributed by atoms with Gasteiger partial charge in [-0.25, -0.2) is 13.4 Å². The van der Waals surface area contributed by atoms with Crippen molar-refractivity contribution >= 4 is 21.4 Å². The van der Waals surface area contributed by atoms with E-state index in [1.54, 1.807) is 4.52 Å². The fourth-order valence-electron chi connectivity index (χ4n) is 2.58. The Balaban J connectivity index is 2.08. The van der Waals surface area contributed by atoms with Crippen LogP contribution in [0.4, 0.5) is 5.82 Å². The van der Waals surface area contributed by atoms with Gasteiger partial charge in [0.2, 0.25) is 0 Å². The monoisotopic (exact) mass is 345 g/mol. The number of sulfone groups is 1. The van der Waals surface area contributed by atoms with Crippen LogP contribution in [0.5, 0.6) is 0 Å². The Bertz CT molecular complexity index is 953. The Labute approximate surface area is 140 Å². The zero-order valence-corrected chi connectivity index (χ0v) is 14.6. The van der Waals surface area contributed by atoms with Crippen molar-refractivity contribution in [3.8, 4) is 11.3 Å². The summed E-state index contributed by atoms with van der Waals surface area (Å²) in [5.41, 5.74) is 1.73. The molecule has 2 heterocycles. The molecule has 3 aromatic rings. The molecule has 24 heavy (non-hydrogen) atoms. The van der Waals surface area contributed by atoms with Gasteiger partial charge in [-0.2, -0.15) is 14.6 Å². The second-order valence-corrected chi connectivity index (χ2v) is 8.07. The van der Waals surface area contributed by atoms with Gasteiger partial charge in [0.15, 0.2) is 0 Å². The SMILES string of the molecule is C[C@@H](CS(C)(=O)=O)N(C)c1cc(-c2ccccc2)nc2ncnn12. The van der Waals surface area contributed by atoms with E-state index in [-0.39, 0.29) is 11.8 Å². The largest absolute Gasteiger partial charge is 0.356 e. The molecular formula is C16H19N5O2S. The van der Waals surface area contributed by atoms with E-state index >= 15 is 0 Å². The maximum atomic E-state index is 11.6. The molecule has 0 bridgehead atoms. The van der Waals surface area contributed by atoms with E-state index in [1.165, 1.54) is 12.6 Å². The van der Waals surface area contributed by atoms with Gasteiger partial charge in [-0.15, -0.1) is 0 Å². The number of nitrogens with zero attached hydrogens (tertiary/aromatic N) is 5. The van der Waals surface area contributed by atoms with E-state index in [2.05, 4.69) is 15.1 Å². The lowest BCUT2D eigenvalue weighted by Crippen LogP contribution is -2.36. The highest BCUT2D eigenvalue weighted by molar-refractivity contribution is 7.90. The summed E-state index contributed by atoms with van der Waals surface area (Å²) in [4.78, 5) is 10.6. The predicted molar refractivity (Wildman–Crippen MR) is 93.8 cm³/mol. The Hall–Kier alpha value is -2.48. The van der Waals surface area contributed by atoms with Gasteiger partial charge in [0, 0.05) is 31.0 Å². The molecule has 0 amide bonds. The standard InChI is InChI=1S/C16H19N5O2S/c1-12(10-24(3,22)23)20(2)15-9-14(13-7-5-4-6-8-13)19-16-17-11-18-21(15)16/h4-9,11-12H,10H2,1-3H3/t12-/m0/s1. The molecule has 0 saturated heterocycles. The summed E-state index contributed by atoms with van der Waals surface area (Å²) in [7, 11) is -1.23. The summed E-state index contributed by atoms with van der Waals surface area (Å²) in [6, 6.07) is 11.5. The molecule has 0 radical (unpaired) electrons. The van der Waals surface area contributed by atoms with Crippen molar-refractivity contribution in [1.29, 1.82) is 0 Å². The molecule has 1 atom stereocenters. The maximum Gasteiger partial charge on any atom is 0.254 e.